The zero-order chi connectivity index (χ0) is 72.5. The SMILES string of the molecule is COc1ccc(C[C@H]2NC(=O)/C=C/C[C@@H]([C@H](C)[C@H]3O[C@@H]3c3ccccc3)OC(=O)[C@H](CC(C)C)OC(=O)[C@@H](CCCn3cc(C[C@@H]4NC(=O)[C@@H](Cc5ccccc5)NC(=O)[C@H](CC(=O)O)NC(=O)CNC(=O)[C@H](CCC[NH+]=C(N)N)NC4=O)nn3)CNC2=O)cc1Cl.O=C([O-])C(F)(F)F. The van der Waals surface area contributed by atoms with Crippen LogP contribution in [0.1, 0.15) is 94.2 Å². The number of carbonyl (C=O) groups excluding carboxylic acids is 10. The quantitative estimate of drug-likeness (QED) is 0.0141. The number of nitrogens with one attached hydrogen (secondary N) is 8. The number of aryl methyl sites for hydroxylation is 1. The van der Waals surface area contributed by atoms with Gasteiger partial charge in [0.05, 0.1) is 49.4 Å². The van der Waals surface area contributed by atoms with E-state index in [0.29, 0.717) is 16.9 Å². The maximum atomic E-state index is 14.6. The van der Waals surface area contributed by atoms with Crippen molar-refractivity contribution in [3.63, 3.8) is 0 Å². The van der Waals surface area contributed by atoms with E-state index in [4.69, 9.17) is 51.9 Å². The first-order valence-corrected chi connectivity index (χ1v) is 32.1. The third-order valence-corrected chi connectivity index (χ3v) is 16.1. The molecular formula is C65H81ClF3N13O17. The minimum atomic E-state index is -5.19. The van der Waals surface area contributed by atoms with Crippen LogP contribution in [0.3, 0.4) is 0 Å². The summed E-state index contributed by atoms with van der Waals surface area (Å²) in [5.74, 6) is -13.2. The van der Waals surface area contributed by atoms with Crippen LogP contribution in [0.5, 0.6) is 5.75 Å². The molecule has 99 heavy (non-hydrogen) atoms. The van der Waals surface area contributed by atoms with E-state index < -0.39 is 139 Å². The van der Waals surface area contributed by atoms with Gasteiger partial charge in [0, 0.05) is 50.9 Å². The first-order valence-electron chi connectivity index (χ1n) is 31.7. The molecule has 34 heteroatoms. The number of methoxy groups -OCH3 is 1. The third-order valence-electron chi connectivity index (χ3n) is 15.8. The molecule has 0 unspecified atom stereocenters. The van der Waals surface area contributed by atoms with Gasteiger partial charge in [0.1, 0.15) is 54.1 Å². The fraction of sp³-hybridized carbons (Fsp3) is 0.477. The van der Waals surface area contributed by atoms with Gasteiger partial charge in [0.25, 0.3) is 0 Å². The molecule has 30 nitrogen and oxygen atoms in total. The standard InChI is InChI=1S/C63H80ClN13O15.C2HF3O2/c1-35(2)26-50-62(88)90-48(36(3)54-55(92-54)39-16-9-6-10-17-39)20-11-21-51(78)70-44(29-38-22-23-49(89-4)42(64)27-38)57(83)68-32-40(61(87)91-50)18-13-25-77-34-41(75-76-77)30-46-59(85)72-43(19-12-24-67-63(65)66)56(82)69-33-52(79)71-47(31-53(80)81)60(86)73-45(58(84)74-46)28-37-14-7-5-8-15-37;3-2(4,5)1(6)7/h5-11,14-17,21-23,27,34-36,40,43-48,50,54-55H,12-13,18-20,24-26,28-33H2,1-4H3,(H,68,83)(H,69,82)(H,70,78)(H,71,79)(H,72,85)(H,73,86)(H,74,84)(H,80,81)(H4,65,66,67);(H,6,7)/b21-11+;/t36-,40-,43-,44+,45+,46-,47-,48-,50-,54+,55+;/m0./s1. The van der Waals surface area contributed by atoms with Gasteiger partial charge in [-0.1, -0.05) is 110 Å². The van der Waals surface area contributed by atoms with Crippen LogP contribution in [0, 0.1) is 17.8 Å². The maximum Gasteiger partial charge on any atom is 0.430 e. The summed E-state index contributed by atoms with van der Waals surface area (Å²) in [7, 11) is 1.46. The number of aliphatic carboxylic acids is 2. The molecule has 7 amide bonds. The highest BCUT2D eigenvalue weighted by Gasteiger charge is 2.48. The fourth-order valence-corrected chi connectivity index (χ4v) is 10.9. The molecule has 11 atom stereocenters. The van der Waals surface area contributed by atoms with Gasteiger partial charge >= 0.3 is 30.0 Å². The summed E-state index contributed by atoms with van der Waals surface area (Å²) in [6, 6.07) is 15.9. The van der Waals surface area contributed by atoms with Crippen LogP contribution in [0.15, 0.2) is 97.2 Å². The van der Waals surface area contributed by atoms with Crippen LogP contribution < -0.4 is 63.5 Å². The number of ether oxygens (including phenoxy) is 4. The molecule has 2 saturated heterocycles. The number of rotatable bonds is 22. The molecule has 13 N–H and O–H groups in total. The van der Waals surface area contributed by atoms with Crippen LogP contribution in [0.2, 0.25) is 5.02 Å². The lowest BCUT2D eigenvalue weighted by atomic mass is 9.93. The van der Waals surface area contributed by atoms with E-state index in [9.17, 15) is 66.2 Å². The zero-order valence-electron chi connectivity index (χ0n) is 54.6. The molecule has 4 heterocycles. The van der Waals surface area contributed by atoms with E-state index >= 15 is 0 Å². The maximum absolute atomic E-state index is 14.6. The van der Waals surface area contributed by atoms with Crippen LogP contribution >= 0.6 is 11.6 Å². The predicted octanol–water partition coefficient (Wildman–Crippen LogP) is -1.45. The number of benzene rings is 3. The molecule has 536 valence electrons. The van der Waals surface area contributed by atoms with Crippen LogP contribution in [-0.2, 0) is 92.8 Å². The number of alkyl halides is 3. The molecule has 4 aromatic rings. The van der Waals surface area contributed by atoms with Crippen molar-refractivity contribution < 1.29 is 100 Å². The number of carboxylic acids is 2. The Labute approximate surface area is 571 Å². The van der Waals surface area contributed by atoms with Gasteiger partial charge in [0.15, 0.2) is 6.10 Å². The van der Waals surface area contributed by atoms with E-state index in [0.717, 1.165) is 5.56 Å². The van der Waals surface area contributed by atoms with E-state index in [1.165, 1.54) is 24.1 Å². The van der Waals surface area contributed by atoms with Crippen molar-refractivity contribution in [1.82, 2.24) is 52.2 Å². The summed E-state index contributed by atoms with van der Waals surface area (Å²) in [5, 5.41) is 45.5. The smallest absolute Gasteiger partial charge is 0.430 e. The molecule has 0 bridgehead atoms. The van der Waals surface area contributed by atoms with Crippen molar-refractivity contribution in [2.24, 2.45) is 29.2 Å². The molecule has 0 saturated carbocycles. The predicted molar refractivity (Wildman–Crippen MR) is 342 cm³/mol. The Morgan fingerprint density at radius 2 is 1.38 bits per heavy atom. The Hall–Kier alpha value is -10.2. The summed E-state index contributed by atoms with van der Waals surface area (Å²) >= 11 is 6.48. The average molecular weight is 1410 g/mol. The Bertz CT molecular complexity index is 3540. The first kappa shape index (κ1) is 77.8. The normalized spacial score (nSPS) is 23.7. The first-order chi connectivity index (χ1) is 47.0. The molecule has 3 aromatic carbocycles. The molecule has 1 aromatic heterocycles. The lowest BCUT2D eigenvalue weighted by Crippen LogP contribution is -2.78. The van der Waals surface area contributed by atoms with Gasteiger partial charge < -0.3 is 71.2 Å². The summed E-state index contributed by atoms with van der Waals surface area (Å²) < 4.78 is 56.7. The van der Waals surface area contributed by atoms with Gasteiger partial charge in [-0.05, 0) is 72.9 Å². The number of hydrogen-bond acceptors (Lipinski definition) is 18. The van der Waals surface area contributed by atoms with Crippen molar-refractivity contribution in [2.45, 2.75) is 152 Å². The lowest BCUT2D eigenvalue weighted by Gasteiger charge is -2.27. The number of guanidine groups is 1. The summed E-state index contributed by atoms with van der Waals surface area (Å²) in [4.78, 5) is 150. The Morgan fingerprint density at radius 1 is 0.768 bits per heavy atom. The third kappa shape index (κ3) is 25.6. The van der Waals surface area contributed by atoms with Gasteiger partial charge in [-0.2, -0.15) is 13.2 Å². The second-order valence-corrected chi connectivity index (χ2v) is 24.5. The molecule has 2 fully saturated rings. The van der Waals surface area contributed by atoms with Gasteiger partial charge in [-0.25, -0.2) is 4.79 Å². The van der Waals surface area contributed by atoms with Crippen molar-refractivity contribution >= 4 is 82.8 Å². The largest absolute Gasteiger partial charge is 0.542 e. The van der Waals surface area contributed by atoms with Crippen LogP contribution in [0.25, 0.3) is 0 Å². The number of aromatic nitrogens is 3. The summed E-state index contributed by atoms with van der Waals surface area (Å²) in [5.41, 5.74) is 13.4. The van der Waals surface area contributed by atoms with Crippen molar-refractivity contribution in [2.75, 3.05) is 26.7 Å². The fourth-order valence-electron chi connectivity index (χ4n) is 10.6. The van der Waals surface area contributed by atoms with Crippen molar-refractivity contribution in [3.05, 3.63) is 125 Å². The molecule has 0 aliphatic carbocycles. The van der Waals surface area contributed by atoms with Crippen LogP contribution in [-0.4, -0.2) is 173 Å². The second kappa shape index (κ2) is 37.5. The highest BCUT2D eigenvalue weighted by molar-refractivity contribution is 6.32. The van der Waals surface area contributed by atoms with Crippen molar-refractivity contribution in [1.29, 1.82) is 0 Å². The molecule has 0 radical (unpaired) electrons. The highest BCUT2D eigenvalue weighted by atomic mass is 35.5. The number of hydrogen-bond donors (Lipinski definition) is 11. The van der Waals surface area contributed by atoms with Gasteiger partial charge in [0.2, 0.25) is 41.4 Å². The number of carbonyl (C=O) groups is 11. The number of halogens is 4. The highest BCUT2D eigenvalue weighted by Crippen LogP contribution is 2.45. The summed E-state index contributed by atoms with van der Waals surface area (Å²) in [6.45, 7) is 4.82. The molecule has 3 aliphatic rings. The van der Waals surface area contributed by atoms with E-state index in [1.807, 2.05) is 51.1 Å². The zero-order valence-corrected chi connectivity index (χ0v) is 55.3. The van der Waals surface area contributed by atoms with Crippen molar-refractivity contribution in [3.8, 4) is 5.75 Å². The molecule has 0 spiro atoms. The minimum Gasteiger partial charge on any atom is -0.542 e. The number of nitrogens with zero attached hydrogens (tertiary/aromatic N) is 3. The average Bonchev–Trinajstić information content (AvgIpc) is 1.64. The molecule has 3 aliphatic heterocycles. The topological polar surface area (TPSA) is 452 Å². The molecular weight excluding hydrogens is 1330 g/mol. The summed E-state index contributed by atoms with van der Waals surface area (Å²) in [6.07, 6.45) is -4.53. The van der Waals surface area contributed by atoms with Gasteiger partial charge in [-0.3, -0.25) is 64.3 Å². The van der Waals surface area contributed by atoms with E-state index in [1.54, 1.807) is 54.6 Å². The number of nitrogens with two attached hydrogens (primary N) is 2. The Kier molecular flexibility index (Phi) is 29.5. The lowest BCUT2D eigenvalue weighted by molar-refractivity contribution is -0.459. The minimum absolute atomic E-state index is 0.0177. The Balaban J connectivity index is 0.00000209. The number of carboxylic acid groups (broad SMARTS) is 2. The molecule has 7 rings (SSSR count). The van der Waals surface area contributed by atoms with Crippen LogP contribution in [0.4, 0.5) is 13.2 Å². The van der Waals surface area contributed by atoms with Gasteiger partial charge in [-0.15, -0.1) is 5.10 Å². The number of cyclic esters (lactones) is 2. The monoisotopic (exact) mass is 1410 g/mol. The number of amides is 7. The Morgan fingerprint density at radius 3 is 2.01 bits per heavy atom. The second-order valence-electron chi connectivity index (χ2n) is 24.1. The number of esters is 2. The number of epoxide rings is 1. The van der Waals surface area contributed by atoms with E-state index in [2.05, 4.69) is 52.5 Å². The van der Waals surface area contributed by atoms with E-state index in [-0.39, 0.29) is 112 Å².